The fourth-order valence-corrected chi connectivity index (χ4v) is 5.71. The number of carbonyl (C=O) groups is 4. The number of hydrogen-bond acceptors (Lipinski definition) is 5. The van der Waals surface area contributed by atoms with Crippen molar-refractivity contribution in [3.8, 4) is 0 Å². The van der Waals surface area contributed by atoms with Crippen molar-refractivity contribution in [1.82, 2.24) is 10.2 Å². The van der Waals surface area contributed by atoms with Gasteiger partial charge in [0, 0.05) is 0 Å². The van der Waals surface area contributed by atoms with Gasteiger partial charge in [-0.05, 0) is 49.5 Å². The van der Waals surface area contributed by atoms with Crippen LogP contribution in [0.5, 0.6) is 0 Å². The van der Waals surface area contributed by atoms with E-state index in [1.165, 1.54) is 0 Å². The van der Waals surface area contributed by atoms with Crippen LogP contribution in [-0.4, -0.2) is 41.2 Å². The normalized spacial score (nSPS) is 28.6. The SMILES string of the molecule is CC(C)[C@@H](C(=O)OCC(=O)N[C@@H](C)c1ccccc1)N1C(=O)[C@H]2[C@H]3CC[C@@H](C3)[C@@H]2C1=O. The molecule has 2 bridgehead atoms. The number of nitrogens with zero attached hydrogens (tertiary/aromatic N) is 1. The van der Waals surface area contributed by atoms with E-state index in [1.54, 1.807) is 13.8 Å². The van der Waals surface area contributed by atoms with Crippen molar-refractivity contribution < 1.29 is 23.9 Å². The average Bonchev–Trinajstić information content (AvgIpc) is 3.42. The van der Waals surface area contributed by atoms with Crippen molar-refractivity contribution in [3.05, 3.63) is 35.9 Å². The van der Waals surface area contributed by atoms with E-state index >= 15 is 0 Å². The highest BCUT2D eigenvalue weighted by Gasteiger charge is 2.62. The van der Waals surface area contributed by atoms with Crippen molar-refractivity contribution in [2.45, 2.75) is 52.1 Å². The minimum Gasteiger partial charge on any atom is -0.454 e. The Morgan fingerprint density at radius 2 is 1.61 bits per heavy atom. The first kappa shape index (κ1) is 21.5. The largest absolute Gasteiger partial charge is 0.454 e. The van der Waals surface area contributed by atoms with E-state index in [9.17, 15) is 19.2 Å². The molecule has 1 aromatic carbocycles. The monoisotopic (exact) mass is 426 g/mol. The van der Waals surface area contributed by atoms with Crippen LogP contribution in [0.1, 0.15) is 51.6 Å². The van der Waals surface area contributed by atoms with Gasteiger partial charge in [-0.1, -0.05) is 44.2 Å². The second-order valence-electron chi connectivity index (χ2n) is 9.43. The molecule has 0 radical (unpaired) electrons. The highest BCUT2D eigenvalue weighted by Crippen LogP contribution is 2.56. The van der Waals surface area contributed by atoms with Crippen LogP contribution in [0.2, 0.25) is 0 Å². The van der Waals surface area contributed by atoms with Crippen LogP contribution in [0.4, 0.5) is 0 Å². The summed E-state index contributed by atoms with van der Waals surface area (Å²) in [6.07, 6.45) is 2.90. The van der Waals surface area contributed by atoms with Crippen LogP contribution in [0.3, 0.4) is 0 Å². The van der Waals surface area contributed by atoms with Gasteiger partial charge in [-0.15, -0.1) is 0 Å². The third-order valence-corrected chi connectivity index (χ3v) is 7.14. The molecule has 31 heavy (non-hydrogen) atoms. The summed E-state index contributed by atoms with van der Waals surface area (Å²) in [6, 6.07) is 8.25. The number of amides is 3. The number of imide groups is 1. The van der Waals surface area contributed by atoms with Gasteiger partial charge in [-0.3, -0.25) is 19.3 Å². The Labute approximate surface area is 182 Å². The van der Waals surface area contributed by atoms with E-state index in [2.05, 4.69) is 5.32 Å². The van der Waals surface area contributed by atoms with Crippen LogP contribution in [0, 0.1) is 29.6 Å². The second-order valence-corrected chi connectivity index (χ2v) is 9.43. The number of carbonyl (C=O) groups excluding carboxylic acids is 4. The molecule has 6 atom stereocenters. The Morgan fingerprint density at radius 1 is 1.03 bits per heavy atom. The fraction of sp³-hybridized carbons (Fsp3) is 0.583. The molecule has 2 saturated carbocycles. The number of hydrogen-bond donors (Lipinski definition) is 1. The number of fused-ring (bicyclic) bond motifs is 5. The molecule has 7 heteroatoms. The molecule has 0 aromatic heterocycles. The molecule has 2 aliphatic carbocycles. The quantitative estimate of drug-likeness (QED) is 0.534. The summed E-state index contributed by atoms with van der Waals surface area (Å²) in [5.41, 5.74) is 0.941. The lowest BCUT2D eigenvalue weighted by molar-refractivity contribution is -0.162. The van der Waals surface area contributed by atoms with Crippen molar-refractivity contribution in [2.24, 2.45) is 29.6 Å². The van der Waals surface area contributed by atoms with Gasteiger partial charge < -0.3 is 10.1 Å². The summed E-state index contributed by atoms with van der Waals surface area (Å²) in [6.45, 7) is 4.97. The van der Waals surface area contributed by atoms with Crippen LogP contribution >= 0.6 is 0 Å². The summed E-state index contributed by atoms with van der Waals surface area (Å²) >= 11 is 0. The molecule has 1 aromatic rings. The topological polar surface area (TPSA) is 92.8 Å². The molecule has 3 amide bonds. The maximum atomic E-state index is 13.1. The molecule has 3 fully saturated rings. The Morgan fingerprint density at radius 3 is 2.16 bits per heavy atom. The van der Waals surface area contributed by atoms with E-state index in [0.717, 1.165) is 29.7 Å². The van der Waals surface area contributed by atoms with Gasteiger partial charge in [0.2, 0.25) is 11.8 Å². The van der Waals surface area contributed by atoms with E-state index < -0.39 is 24.5 Å². The maximum Gasteiger partial charge on any atom is 0.330 e. The van der Waals surface area contributed by atoms with Gasteiger partial charge in [0.1, 0.15) is 6.04 Å². The van der Waals surface area contributed by atoms with E-state index in [1.807, 2.05) is 37.3 Å². The molecule has 1 saturated heterocycles. The second kappa shape index (κ2) is 8.44. The number of benzene rings is 1. The average molecular weight is 427 g/mol. The predicted molar refractivity (Wildman–Crippen MR) is 112 cm³/mol. The fourth-order valence-electron chi connectivity index (χ4n) is 5.71. The third kappa shape index (κ3) is 3.86. The highest BCUT2D eigenvalue weighted by molar-refractivity contribution is 6.08. The van der Waals surface area contributed by atoms with Gasteiger partial charge in [-0.2, -0.15) is 0 Å². The van der Waals surface area contributed by atoms with Crippen LogP contribution in [0.25, 0.3) is 0 Å². The molecule has 3 aliphatic rings. The summed E-state index contributed by atoms with van der Waals surface area (Å²) in [5, 5.41) is 2.80. The van der Waals surface area contributed by atoms with Crippen LogP contribution in [-0.2, 0) is 23.9 Å². The molecule has 7 nitrogen and oxygen atoms in total. The predicted octanol–water partition coefficient (Wildman–Crippen LogP) is 2.46. The molecule has 1 N–H and O–H groups in total. The zero-order valence-corrected chi connectivity index (χ0v) is 18.2. The van der Waals surface area contributed by atoms with Crippen molar-refractivity contribution in [2.75, 3.05) is 6.61 Å². The van der Waals surface area contributed by atoms with Gasteiger partial charge in [-0.25, -0.2) is 4.79 Å². The third-order valence-electron chi connectivity index (χ3n) is 7.14. The van der Waals surface area contributed by atoms with E-state index in [4.69, 9.17) is 4.74 Å². The summed E-state index contributed by atoms with van der Waals surface area (Å²) < 4.78 is 5.27. The smallest absolute Gasteiger partial charge is 0.330 e. The number of nitrogens with one attached hydrogen (secondary N) is 1. The van der Waals surface area contributed by atoms with Gasteiger partial charge >= 0.3 is 5.97 Å². The molecule has 4 rings (SSSR count). The van der Waals surface area contributed by atoms with Crippen LogP contribution < -0.4 is 5.32 Å². The lowest BCUT2D eigenvalue weighted by atomic mass is 9.81. The Bertz CT molecular complexity index is 855. The molecule has 1 heterocycles. The molecule has 1 aliphatic heterocycles. The summed E-state index contributed by atoms with van der Waals surface area (Å²) in [5.74, 6) is -1.96. The first-order valence-corrected chi connectivity index (χ1v) is 11.2. The Balaban J connectivity index is 1.39. The zero-order valence-electron chi connectivity index (χ0n) is 18.2. The Kier molecular flexibility index (Phi) is 5.86. The molecule has 0 spiro atoms. The highest BCUT2D eigenvalue weighted by atomic mass is 16.5. The number of ether oxygens (including phenoxy) is 1. The first-order chi connectivity index (χ1) is 14.8. The van der Waals surface area contributed by atoms with Crippen molar-refractivity contribution in [3.63, 3.8) is 0 Å². The van der Waals surface area contributed by atoms with Crippen molar-refractivity contribution in [1.29, 1.82) is 0 Å². The lowest BCUT2D eigenvalue weighted by Crippen LogP contribution is -2.50. The molecular formula is C24H30N2O5. The van der Waals surface area contributed by atoms with Gasteiger partial charge in [0.15, 0.2) is 6.61 Å². The first-order valence-electron chi connectivity index (χ1n) is 11.2. The lowest BCUT2D eigenvalue weighted by Gasteiger charge is -2.29. The number of esters is 1. The molecule has 0 unspecified atom stereocenters. The number of rotatable bonds is 7. The van der Waals surface area contributed by atoms with Crippen LogP contribution in [0.15, 0.2) is 30.3 Å². The summed E-state index contributed by atoms with van der Waals surface area (Å²) in [7, 11) is 0. The Hall–Kier alpha value is -2.70. The molecule has 166 valence electrons. The van der Waals surface area contributed by atoms with Gasteiger partial charge in [0.05, 0.1) is 17.9 Å². The number of likely N-dealkylation sites (tertiary alicyclic amines) is 1. The van der Waals surface area contributed by atoms with Gasteiger partial charge in [0.25, 0.3) is 5.91 Å². The summed E-state index contributed by atoms with van der Waals surface area (Å²) in [4.78, 5) is 52.5. The zero-order chi connectivity index (χ0) is 22.3. The van der Waals surface area contributed by atoms with E-state index in [0.29, 0.717) is 0 Å². The molecular weight excluding hydrogens is 396 g/mol. The maximum absolute atomic E-state index is 13.1. The minimum absolute atomic E-state index is 0.232. The standard InChI is InChI=1S/C24H30N2O5/c1-13(2)21(26-22(28)19-16-9-10-17(11-16)20(19)23(26)29)24(30)31-12-18(27)25-14(3)15-7-5-4-6-8-15/h4-8,13-14,16-17,19-21H,9-12H2,1-3H3,(H,25,27)/t14-,16-,17-,19-,20-,21-/m0/s1. The van der Waals surface area contributed by atoms with Crippen molar-refractivity contribution >= 4 is 23.7 Å². The minimum atomic E-state index is -0.996. The van der Waals surface area contributed by atoms with E-state index in [-0.39, 0.29) is 47.4 Å².